The topological polar surface area (TPSA) is 80.0 Å². The number of anilines is 1. The van der Waals surface area contributed by atoms with Crippen LogP contribution in [0.25, 0.3) is 11.5 Å². The summed E-state index contributed by atoms with van der Waals surface area (Å²) < 4.78 is 17.9. The highest BCUT2D eigenvalue weighted by molar-refractivity contribution is 5.89. The third-order valence-corrected chi connectivity index (χ3v) is 3.09. The van der Waals surface area contributed by atoms with Gasteiger partial charge in [0.05, 0.1) is 0 Å². The molecule has 0 aliphatic rings. The number of carbonyl (C=O) groups excluding carboxylic acids is 1. The highest BCUT2D eigenvalue weighted by atomic mass is 19.1. The predicted molar refractivity (Wildman–Crippen MR) is 82.0 cm³/mol. The summed E-state index contributed by atoms with van der Waals surface area (Å²) in [4.78, 5) is 11.9. The van der Waals surface area contributed by atoms with Crippen LogP contribution in [0.15, 0.2) is 59.3 Å². The molecule has 3 rings (SSSR count). The molecule has 0 aliphatic carbocycles. The number of urea groups is 1. The molecule has 0 saturated heterocycles. The Morgan fingerprint density at radius 2 is 2.00 bits per heavy atom. The van der Waals surface area contributed by atoms with Crippen LogP contribution >= 0.6 is 0 Å². The van der Waals surface area contributed by atoms with Gasteiger partial charge in [-0.25, -0.2) is 9.18 Å². The molecule has 2 amide bonds. The van der Waals surface area contributed by atoms with E-state index < -0.39 is 0 Å². The molecule has 1 aromatic heterocycles. The smallest absolute Gasteiger partial charge is 0.319 e. The second-order valence-corrected chi connectivity index (χ2v) is 4.76. The Hall–Kier alpha value is -3.22. The summed E-state index contributed by atoms with van der Waals surface area (Å²) in [5.74, 6) is 0.0661. The summed E-state index contributed by atoms with van der Waals surface area (Å²) in [6.07, 6.45) is 1.24. The van der Waals surface area contributed by atoms with Gasteiger partial charge >= 0.3 is 6.03 Å². The van der Waals surface area contributed by atoms with Gasteiger partial charge in [-0.15, -0.1) is 10.2 Å². The molecule has 116 valence electrons. The molecule has 0 atom stereocenters. The van der Waals surface area contributed by atoms with Gasteiger partial charge in [-0.05, 0) is 35.9 Å². The lowest BCUT2D eigenvalue weighted by atomic mass is 10.2. The number of amides is 2. The van der Waals surface area contributed by atoms with Crippen molar-refractivity contribution in [3.63, 3.8) is 0 Å². The molecule has 0 saturated carbocycles. The lowest BCUT2D eigenvalue weighted by molar-refractivity contribution is 0.251. The van der Waals surface area contributed by atoms with E-state index in [1.54, 1.807) is 36.4 Å². The van der Waals surface area contributed by atoms with Gasteiger partial charge in [0.15, 0.2) is 0 Å². The van der Waals surface area contributed by atoms with Crippen LogP contribution in [0.3, 0.4) is 0 Å². The molecule has 0 unspecified atom stereocenters. The van der Waals surface area contributed by atoms with Crippen LogP contribution in [0, 0.1) is 5.82 Å². The van der Waals surface area contributed by atoms with Crippen LogP contribution < -0.4 is 10.6 Å². The Bertz CT molecular complexity index is 788. The van der Waals surface area contributed by atoms with E-state index in [1.807, 2.05) is 0 Å². The van der Waals surface area contributed by atoms with Crippen molar-refractivity contribution in [2.45, 2.75) is 6.54 Å². The monoisotopic (exact) mass is 312 g/mol. The van der Waals surface area contributed by atoms with Crippen LogP contribution in [0.1, 0.15) is 5.56 Å². The first kappa shape index (κ1) is 14.7. The van der Waals surface area contributed by atoms with E-state index in [2.05, 4.69) is 20.8 Å². The molecule has 0 spiro atoms. The van der Waals surface area contributed by atoms with Crippen LogP contribution in [-0.2, 0) is 6.54 Å². The number of benzene rings is 2. The number of nitrogens with zero attached hydrogens (tertiary/aromatic N) is 2. The molecular formula is C16H13FN4O2. The van der Waals surface area contributed by atoms with E-state index in [0.717, 1.165) is 5.56 Å². The molecule has 2 N–H and O–H groups in total. The number of rotatable bonds is 4. The van der Waals surface area contributed by atoms with Crippen molar-refractivity contribution >= 4 is 11.7 Å². The second kappa shape index (κ2) is 6.69. The van der Waals surface area contributed by atoms with E-state index in [9.17, 15) is 9.18 Å². The molecular weight excluding hydrogens is 299 g/mol. The fourth-order valence-electron chi connectivity index (χ4n) is 1.99. The maximum absolute atomic E-state index is 12.8. The number of carbonyl (C=O) groups is 1. The molecule has 3 aromatic rings. The second-order valence-electron chi connectivity index (χ2n) is 4.76. The van der Waals surface area contributed by atoms with Crippen LogP contribution in [0.5, 0.6) is 0 Å². The van der Waals surface area contributed by atoms with E-state index in [4.69, 9.17) is 4.42 Å². The summed E-state index contributed by atoms with van der Waals surface area (Å²) in [5, 5.41) is 12.8. The van der Waals surface area contributed by atoms with E-state index >= 15 is 0 Å². The minimum absolute atomic E-state index is 0.301. The third kappa shape index (κ3) is 3.91. The molecule has 6 nitrogen and oxygen atoms in total. The highest BCUT2D eigenvalue weighted by Gasteiger charge is 2.06. The zero-order chi connectivity index (χ0) is 16.1. The molecule has 0 radical (unpaired) electrons. The van der Waals surface area contributed by atoms with Gasteiger partial charge in [0.2, 0.25) is 12.3 Å². The maximum Gasteiger partial charge on any atom is 0.319 e. The van der Waals surface area contributed by atoms with Crippen molar-refractivity contribution in [2.75, 3.05) is 5.32 Å². The van der Waals surface area contributed by atoms with Gasteiger partial charge in [0, 0.05) is 17.8 Å². The fraction of sp³-hybridized carbons (Fsp3) is 0.0625. The number of hydrogen-bond acceptors (Lipinski definition) is 4. The molecule has 0 fully saturated rings. The van der Waals surface area contributed by atoms with Gasteiger partial charge in [0.1, 0.15) is 5.82 Å². The summed E-state index contributed by atoms with van der Waals surface area (Å²) in [6.45, 7) is 0.301. The van der Waals surface area contributed by atoms with Gasteiger partial charge in [-0.3, -0.25) is 0 Å². The van der Waals surface area contributed by atoms with Crippen LogP contribution in [0.2, 0.25) is 0 Å². The summed E-state index contributed by atoms with van der Waals surface area (Å²) in [7, 11) is 0. The fourth-order valence-corrected chi connectivity index (χ4v) is 1.99. The van der Waals surface area contributed by atoms with Gasteiger partial charge in [0.25, 0.3) is 0 Å². The SMILES string of the molecule is O=C(NCc1ccc(F)cc1)Nc1cccc(-c2nnco2)c1. The standard InChI is InChI=1S/C16H13FN4O2/c17-13-6-4-11(5-7-13)9-18-16(22)20-14-3-1-2-12(8-14)15-21-19-10-23-15/h1-8,10H,9H2,(H2,18,20,22). The van der Waals surface area contributed by atoms with Crippen LogP contribution in [-0.4, -0.2) is 16.2 Å². The average Bonchev–Trinajstić information content (AvgIpc) is 3.09. The first-order valence-corrected chi connectivity index (χ1v) is 6.86. The van der Waals surface area contributed by atoms with Gasteiger partial charge < -0.3 is 15.1 Å². The molecule has 1 heterocycles. The van der Waals surface area contributed by atoms with Crippen molar-refractivity contribution in [3.8, 4) is 11.5 Å². The molecule has 2 aromatic carbocycles. The van der Waals surface area contributed by atoms with E-state index in [0.29, 0.717) is 23.7 Å². The molecule has 0 bridgehead atoms. The zero-order valence-electron chi connectivity index (χ0n) is 12.0. The van der Waals surface area contributed by atoms with E-state index in [-0.39, 0.29) is 11.8 Å². The average molecular weight is 312 g/mol. The summed E-state index contributed by atoms with van der Waals surface area (Å²) >= 11 is 0. The lowest BCUT2D eigenvalue weighted by Gasteiger charge is -2.08. The largest absolute Gasteiger partial charge is 0.423 e. The van der Waals surface area contributed by atoms with Crippen molar-refractivity contribution in [3.05, 3.63) is 66.3 Å². The number of nitrogens with one attached hydrogen (secondary N) is 2. The lowest BCUT2D eigenvalue weighted by Crippen LogP contribution is -2.28. The molecule has 7 heteroatoms. The van der Waals surface area contributed by atoms with Crippen molar-refractivity contribution < 1.29 is 13.6 Å². The quantitative estimate of drug-likeness (QED) is 0.775. The predicted octanol–water partition coefficient (Wildman–Crippen LogP) is 3.20. The normalized spacial score (nSPS) is 10.3. The summed E-state index contributed by atoms with van der Waals surface area (Å²) in [6, 6.07) is 12.6. The van der Waals surface area contributed by atoms with Crippen molar-refractivity contribution in [1.82, 2.24) is 15.5 Å². The Labute approximate surface area is 131 Å². The number of aromatic nitrogens is 2. The number of hydrogen-bond donors (Lipinski definition) is 2. The van der Waals surface area contributed by atoms with Gasteiger partial charge in [-0.1, -0.05) is 18.2 Å². The van der Waals surface area contributed by atoms with Crippen LogP contribution in [0.4, 0.5) is 14.9 Å². The van der Waals surface area contributed by atoms with E-state index in [1.165, 1.54) is 18.5 Å². The number of halogens is 1. The van der Waals surface area contributed by atoms with Crippen molar-refractivity contribution in [2.24, 2.45) is 0 Å². The Kier molecular flexibility index (Phi) is 4.28. The van der Waals surface area contributed by atoms with Gasteiger partial charge in [-0.2, -0.15) is 0 Å². The minimum atomic E-state index is -0.364. The Morgan fingerprint density at radius 1 is 1.17 bits per heavy atom. The Balaban J connectivity index is 1.59. The minimum Gasteiger partial charge on any atom is -0.423 e. The Morgan fingerprint density at radius 3 is 2.74 bits per heavy atom. The first-order valence-electron chi connectivity index (χ1n) is 6.86. The first-order chi connectivity index (χ1) is 11.2. The highest BCUT2D eigenvalue weighted by Crippen LogP contribution is 2.20. The molecule has 0 aliphatic heterocycles. The van der Waals surface area contributed by atoms with Crippen molar-refractivity contribution in [1.29, 1.82) is 0 Å². The maximum atomic E-state index is 12.8. The summed E-state index contributed by atoms with van der Waals surface area (Å²) in [5.41, 5.74) is 2.11. The molecule has 23 heavy (non-hydrogen) atoms. The third-order valence-electron chi connectivity index (χ3n) is 3.09. The zero-order valence-corrected chi connectivity index (χ0v) is 12.0.